The summed E-state index contributed by atoms with van der Waals surface area (Å²) in [5, 5.41) is 4.97. The van der Waals surface area contributed by atoms with E-state index >= 15 is 0 Å². The number of hydrogen-bond acceptors (Lipinski definition) is 6. The fraction of sp³-hybridized carbons (Fsp3) is 0.286. The zero-order valence-electron chi connectivity index (χ0n) is 16.5. The SMILES string of the molecule is COc1cc2c(cc1C=Nn1c(C(C)(C)C)nc3ccc(Br)cc3c1=O)OCO2. The van der Waals surface area contributed by atoms with E-state index in [1.54, 1.807) is 31.5 Å². The summed E-state index contributed by atoms with van der Waals surface area (Å²) in [6.45, 7) is 6.14. The molecule has 0 saturated heterocycles. The number of halogens is 1. The molecule has 2 heterocycles. The van der Waals surface area contributed by atoms with Gasteiger partial charge < -0.3 is 14.2 Å². The van der Waals surface area contributed by atoms with Crippen molar-refractivity contribution in [2.24, 2.45) is 5.10 Å². The molecule has 0 N–H and O–H groups in total. The van der Waals surface area contributed by atoms with Gasteiger partial charge in [0, 0.05) is 21.5 Å². The first kappa shape index (κ1) is 19.4. The van der Waals surface area contributed by atoms with Crippen molar-refractivity contribution in [3.8, 4) is 17.2 Å². The smallest absolute Gasteiger partial charge is 0.282 e. The van der Waals surface area contributed by atoms with Crippen LogP contribution in [0.25, 0.3) is 10.9 Å². The molecule has 29 heavy (non-hydrogen) atoms. The van der Waals surface area contributed by atoms with Crippen molar-refractivity contribution in [2.75, 3.05) is 13.9 Å². The first-order chi connectivity index (χ1) is 13.8. The Labute approximate surface area is 176 Å². The van der Waals surface area contributed by atoms with Crippen LogP contribution in [0.15, 0.2) is 44.7 Å². The predicted molar refractivity (Wildman–Crippen MR) is 115 cm³/mol. The minimum absolute atomic E-state index is 0.163. The summed E-state index contributed by atoms with van der Waals surface area (Å²) in [5.41, 5.74) is 0.668. The van der Waals surface area contributed by atoms with Crippen LogP contribution in [0.5, 0.6) is 17.2 Å². The van der Waals surface area contributed by atoms with Crippen molar-refractivity contribution in [1.29, 1.82) is 0 Å². The fourth-order valence-corrected chi connectivity index (χ4v) is 3.44. The molecule has 4 rings (SSSR count). The van der Waals surface area contributed by atoms with Gasteiger partial charge >= 0.3 is 0 Å². The van der Waals surface area contributed by atoms with Gasteiger partial charge in [-0.3, -0.25) is 4.79 Å². The summed E-state index contributed by atoms with van der Waals surface area (Å²) in [7, 11) is 1.57. The molecule has 0 saturated carbocycles. The molecule has 8 heteroatoms. The fourth-order valence-electron chi connectivity index (χ4n) is 3.08. The molecule has 3 aromatic rings. The molecular weight excluding hydrogens is 438 g/mol. The maximum Gasteiger partial charge on any atom is 0.282 e. The average molecular weight is 458 g/mol. The number of rotatable bonds is 3. The molecule has 0 aliphatic carbocycles. The highest BCUT2D eigenvalue weighted by molar-refractivity contribution is 9.10. The van der Waals surface area contributed by atoms with Gasteiger partial charge in [0.25, 0.3) is 5.56 Å². The molecule has 2 aromatic carbocycles. The van der Waals surface area contributed by atoms with Crippen molar-refractivity contribution < 1.29 is 14.2 Å². The second-order valence-electron chi connectivity index (χ2n) is 7.66. The van der Waals surface area contributed by atoms with Gasteiger partial charge in [0.2, 0.25) is 6.79 Å². The summed E-state index contributed by atoms with van der Waals surface area (Å²) < 4.78 is 18.4. The largest absolute Gasteiger partial charge is 0.496 e. The number of fused-ring (bicyclic) bond motifs is 2. The predicted octanol–water partition coefficient (Wildman–Crippen LogP) is 4.08. The van der Waals surface area contributed by atoms with Crippen LogP contribution in [0.3, 0.4) is 0 Å². The lowest BCUT2D eigenvalue weighted by Crippen LogP contribution is -2.29. The Kier molecular flexibility index (Phi) is 4.82. The summed E-state index contributed by atoms with van der Waals surface area (Å²) in [5.74, 6) is 2.35. The molecule has 0 fully saturated rings. The lowest BCUT2D eigenvalue weighted by atomic mass is 9.95. The maximum atomic E-state index is 13.2. The highest BCUT2D eigenvalue weighted by Gasteiger charge is 2.23. The molecule has 1 aliphatic rings. The van der Waals surface area contributed by atoms with Crippen molar-refractivity contribution >= 4 is 33.0 Å². The third-order valence-corrected chi connectivity index (χ3v) is 5.01. The number of nitrogens with zero attached hydrogens (tertiary/aromatic N) is 3. The normalized spacial score (nSPS) is 13.4. The number of benzene rings is 2. The van der Waals surface area contributed by atoms with E-state index in [1.807, 2.05) is 32.9 Å². The van der Waals surface area contributed by atoms with Crippen molar-refractivity contribution in [1.82, 2.24) is 9.66 Å². The number of hydrogen-bond donors (Lipinski definition) is 0. The zero-order valence-corrected chi connectivity index (χ0v) is 18.1. The Balaban J connectivity index is 1.90. The van der Waals surface area contributed by atoms with Gasteiger partial charge in [-0.2, -0.15) is 9.78 Å². The van der Waals surface area contributed by atoms with E-state index in [4.69, 9.17) is 19.2 Å². The van der Waals surface area contributed by atoms with Gasteiger partial charge in [-0.25, -0.2) is 4.98 Å². The molecule has 7 nitrogen and oxygen atoms in total. The number of aromatic nitrogens is 2. The van der Waals surface area contributed by atoms with E-state index in [2.05, 4.69) is 21.0 Å². The van der Waals surface area contributed by atoms with Crippen LogP contribution in [0.1, 0.15) is 32.2 Å². The van der Waals surface area contributed by atoms with Gasteiger partial charge in [-0.15, -0.1) is 0 Å². The number of ether oxygens (including phenoxy) is 3. The topological polar surface area (TPSA) is 74.9 Å². The monoisotopic (exact) mass is 457 g/mol. The lowest BCUT2D eigenvalue weighted by molar-refractivity contribution is 0.174. The molecule has 1 aromatic heterocycles. The van der Waals surface area contributed by atoms with E-state index in [0.29, 0.717) is 39.5 Å². The second kappa shape index (κ2) is 7.18. The molecular formula is C21H20BrN3O4. The summed E-state index contributed by atoms with van der Waals surface area (Å²) >= 11 is 3.42. The Morgan fingerprint density at radius 1 is 1.21 bits per heavy atom. The van der Waals surface area contributed by atoms with E-state index in [-0.39, 0.29) is 12.4 Å². The third-order valence-electron chi connectivity index (χ3n) is 4.52. The highest BCUT2D eigenvalue weighted by Crippen LogP contribution is 2.37. The maximum absolute atomic E-state index is 13.2. The van der Waals surface area contributed by atoms with Gasteiger partial charge in [-0.1, -0.05) is 36.7 Å². The van der Waals surface area contributed by atoms with Crippen LogP contribution in [0, 0.1) is 0 Å². The Hall–Kier alpha value is -2.87. The molecule has 0 unspecified atom stereocenters. The molecule has 0 radical (unpaired) electrons. The van der Waals surface area contributed by atoms with Gasteiger partial charge in [0.15, 0.2) is 11.5 Å². The Morgan fingerprint density at radius 3 is 2.62 bits per heavy atom. The standard InChI is InChI=1S/C21H20BrN3O4/c1-21(2,3)20-24-15-6-5-13(22)8-14(15)19(26)25(20)23-10-12-7-17-18(29-11-28-17)9-16(12)27-4/h5-10H,11H2,1-4H3. The molecule has 0 atom stereocenters. The van der Waals surface area contributed by atoms with Gasteiger partial charge in [0.1, 0.15) is 11.6 Å². The van der Waals surface area contributed by atoms with Crippen molar-refractivity contribution in [3.63, 3.8) is 0 Å². The van der Waals surface area contributed by atoms with Crippen molar-refractivity contribution in [3.05, 3.63) is 56.5 Å². The minimum Gasteiger partial charge on any atom is -0.496 e. The quantitative estimate of drug-likeness (QED) is 0.553. The van der Waals surface area contributed by atoms with E-state index < -0.39 is 5.41 Å². The average Bonchev–Trinajstić information content (AvgIpc) is 3.13. The Morgan fingerprint density at radius 2 is 1.93 bits per heavy atom. The van der Waals surface area contributed by atoms with Gasteiger partial charge in [0.05, 0.1) is 24.2 Å². The van der Waals surface area contributed by atoms with Crippen LogP contribution in [-0.2, 0) is 5.41 Å². The van der Waals surface area contributed by atoms with Crippen molar-refractivity contribution in [2.45, 2.75) is 26.2 Å². The first-order valence-corrected chi connectivity index (χ1v) is 9.82. The first-order valence-electron chi connectivity index (χ1n) is 9.03. The summed E-state index contributed by atoms with van der Waals surface area (Å²) in [6.07, 6.45) is 1.57. The second-order valence-corrected chi connectivity index (χ2v) is 8.57. The molecule has 0 spiro atoms. The van der Waals surface area contributed by atoms with Gasteiger partial charge in [-0.05, 0) is 24.3 Å². The molecule has 1 aliphatic heterocycles. The Bertz CT molecular complexity index is 1200. The number of methoxy groups -OCH3 is 1. The van der Waals surface area contributed by atoms with Crippen LogP contribution in [0.2, 0.25) is 0 Å². The van der Waals surface area contributed by atoms with E-state index in [1.165, 1.54) is 4.68 Å². The third kappa shape index (κ3) is 3.60. The van der Waals surface area contributed by atoms with Crippen LogP contribution in [0.4, 0.5) is 0 Å². The van der Waals surface area contributed by atoms with Crippen LogP contribution >= 0.6 is 15.9 Å². The highest BCUT2D eigenvalue weighted by atomic mass is 79.9. The van der Waals surface area contributed by atoms with E-state index in [9.17, 15) is 4.79 Å². The lowest BCUT2D eigenvalue weighted by Gasteiger charge is -2.21. The van der Waals surface area contributed by atoms with E-state index in [0.717, 1.165) is 4.47 Å². The molecule has 150 valence electrons. The molecule has 0 amide bonds. The minimum atomic E-state index is -0.392. The summed E-state index contributed by atoms with van der Waals surface area (Å²) in [4.78, 5) is 17.9. The molecule has 0 bridgehead atoms. The zero-order chi connectivity index (χ0) is 20.8. The van der Waals surface area contributed by atoms with Crippen LogP contribution < -0.4 is 19.8 Å². The van der Waals surface area contributed by atoms with Crippen LogP contribution in [-0.4, -0.2) is 29.8 Å². The summed E-state index contributed by atoms with van der Waals surface area (Å²) in [6, 6.07) is 8.96.